The molecular weight excluding hydrogens is 526 g/mol. The lowest BCUT2D eigenvalue weighted by atomic mass is 10.0. The van der Waals surface area contributed by atoms with E-state index in [9.17, 15) is 22.8 Å². The first kappa shape index (κ1) is 27.3. The number of sulfonamides is 1. The Labute approximate surface area is 225 Å². The molecule has 4 amide bonds. The summed E-state index contributed by atoms with van der Waals surface area (Å²) in [4.78, 5) is 42.7. The van der Waals surface area contributed by atoms with E-state index in [1.54, 1.807) is 30.3 Å². The molecule has 0 atom stereocenters. The van der Waals surface area contributed by atoms with Crippen LogP contribution in [0, 0.1) is 0 Å². The molecule has 0 fully saturated rings. The predicted molar refractivity (Wildman–Crippen MR) is 147 cm³/mol. The minimum atomic E-state index is -3.83. The van der Waals surface area contributed by atoms with E-state index in [1.165, 1.54) is 66.0 Å². The lowest BCUT2D eigenvalue weighted by Gasteiger charge is -2.22. The maximum Gasteiger partial charge on any atom is 0.323 e. The van der Waals surface area contributed by atoms with Crippen LogP contribution in [0.5, 0.6) is 0 Å². The van der Waals surface area contributed by atoms with E-state index in [4.69, 9.17) is 0 Å². The van der Waals surface area contributed by atoms with E-state index in [2.05, 4.69) is 15.5 Å². The van der Waals surface area contributed by atoms with Crippen molar-refractivity contribution in [1.82, 2.24) is 15.1 Å². The normalized spacial score (nSPS) is 13.4. The Morgan fingerprint density at radius 2 is 1.61 bits per heavy atom. The second kappa shape index (κ2) is 10.9. The Morgan fingerprint density at radius 3 is 2.24 bits per heavy atom. The molecule has 0 unspecified atom stereocenters. The number of rotatable bonds is 6. The summed E-state index contributed by atoms with van der Waals surface area (Å²) >= 11 is 1.30. The zero-order valence-electron chi connectivity index (χ0n) is 21.5. The number of para-hydroxylation sites is 1. The van der Waals surface area contributed by atoms with Crippen LogP contribution in [0.1, 0.15) is 31.2 Å². The van der Waals surface area contributed by atoms with Gasteiger partial charge in [-0.15, -0.1) is 11.3 Å². The number of anilines is 2. The van der Waals surface area contributed by atoms with Gasteiger partial charge in [0, 0.05) is 44.7 Å². The zero-order valence-corrected chi connectivity index (χ0v) is 23.1. The molecule has 10 nitrogen and oxygen atoms in total. The second-order valence-electron chi connectivity index (χ2n) is 9.14. The van der Waals surface area contributed by atoms with Gasteiger partial charge in [0.05, 0.1) is 16.1 Å². The monoisotopic (exact) mass is 555 g/mol. The first-order valence-corrected chi connectivity index (χ1v) is 14.1. The summed E-state index contributed by atoms with van der Waals surface area (Å²) in [6, 6.07) is 13.7. The number of carbonyl (C=O) groups is 3. The quantitative estimate of drug-likeness (QED) is 0.482. The number of fused-ring (bicyclic) bond motifs is 1. The Kier molecular flexibility index (Phi) is 7.86. The Balaban J connectivity index is 1.58. The van der Waals surface area contributed by atoms with Crippen LogP contribution in [0.3, 0.4) is 0 Å². The molecule has 3 aromatic rings. The van der Waals surface area contributed by atoms with Gasteiger partial charge in [0.15, 0.2) is 0 Å². The van der Waals surface area contributed by atoms with Crippen molar-refractivity contribution in [3.63, 3.8) is 0 Å². The van der Waals surface area contributed by atoms with Crippen molar-refractivity contribution in [3.8, 4) is 0 Å². The number of nitrogens with zero attached hydrogens (tertiary/aromatic N) is 3. The van der Waals surface area contributed by atoms with Gasteiger partial charge in [0.25, 0.3) is 21.8 Å². The number of imide groups is 1. The summed E-state index contributed by atoms with van der Waals surface area (Å²) in [5.74, 6) is -1.07. The highest BCUT2D eigenvalue weighted by Crippen LogP contribution is 2.37. The van der Waals surface area contributed by atoms with Gasteiger partial charge in [-0.05, 0) is 55.4 Å². The van der Waals surface area contributed by atoms with Crippen molar-refractivity contribution in [3.05, 3.63) is 76.2 Å². The van der Waals surface area contributed by atoms with Crippen LogP contribution in [-0.2, 0) is 23.0 Å². The Hall–Kier alpha value is -3.74. The van der Waals surface area contributed by atoms with Gasteiger partial charge < -0.3 is 15.1 Å². The molecule has 1 aromatic heterocycles. The van der Waals surface area contributed by atoms with Crippen molar-refractivity contribution in [2.24, 2.45) is 0 Å². The maximum atomic E-state index is 13.1. The van der Waals surface area contributed by atoms with E-state index in [0.29, 0.717) is 23.7 Å². The fourth-order valence-electron chi connectivity index (χ4n) is 4.02. The zero-order chi connectivity index (χ0) is 27.6. The number of likely N-dealkylation sites (N-methyl/N-ethyl adjacent to an activating group) is 1. The molecule has 38 heavy (non-hydrogen) atoms. The summed E-state index contributed by atoms with van der Waals surface area (Å²) < 4.78 is 27.3. The topological polar surface area (TPSA) is 119 Å². The third kappa shape index (κ3) is 5.57. The summed E-state index contributed by atoms with van der Waals surface area (Å²) in [7, 11) is 2.68. The van der Waals surface area contributed by atoms with Crippen LogP contribution in [-0.4, -0.2) is 70.8 Å². The van der Waals surface area contributed by atoms with E-state index < -0.39 is 27.9 Å². The average molecular weight is 556 g/mol. The molecule has 1 aliphatic heterocycles. The molecule has 2 N–H and O–H groups in total. The SMILES string of the molecule is CN1CCc2c(sc(NC(=O)c3ccc(S(=O)(=O)N(C)c4ccccc4)cc3)c2C(=O)NC(=O)N(C)C)C1. The number of urea groups is 1. The van der Waals surface area contributed by atoms with Crippen LogP contribution in [0.2, 0.25) is 0 Å². The van der Waals surface area contributed by atoms with E-state index in [-0.39, 0.29) is 16.0 Å². The molecule has 0 bridgehead atoms. The fraction of sp³-hybridized carbons (Fsp3) is 0.269. The van der Waals surface area contributed by atoms with Crippen molar-refractivity contribution >= 4 is 49.9 Å². The first-order valence-electron chi connectivity index (χ1n) is 11.8. The van der Waals surface area contributed by atoms with Crippen molar-refractivity contribution in [1.29, 1.82) is 0 Å². The largest absolute Gasteiger partial charge is 0.331 e. The number of hydrogen-bond donors (Lipinski definition) is 2. The molecule has 0 saturated heterocycles. The fourth-order valence-corrected chi connectivity index (χ4v) is 6.54. The van der Waals surface area contributed by atoms with E-state index >= 15 is 0 Å². The molecule has 0 saturated carbocycles. The lowest BCUT2D eigenvalue weighted by Crippen LogP contribution is -2.39. The van der Waals surface area contributed by atoms with Gasteiger partial charge >= 0.3 is 6.03 Å². The third-order valence-corrected chi connectivity index (χ3v) is 9.16. The van der Waals surface area contributed by atoms with Gasteiger partial charge in [-0.25, -0.2) is 13.2 Å². The Bertz CT molecular complexity index is 1470. The van der Waals surface area contributed by atoms with E-state index in [0.717, 1.165) is 17.0 Å². The highest BCUT2D eigenvalue weighted by atomic mass is 32.2. The van der Waals surface area contributed by atoms with Crippen LogP contribution >= 0.6 is 11.3 Å². The van der Waals surface area contributed by atoms with Gasteiger partial charge in [-0.3, -0.25) is 19.2 Å². The van der Waals surface area contributed by atoms with Crippen LogP contribution in [0.4, 0.5) is 15.5 Å². The number of carbonyl (C=O) groups excluding carboxylic acids is 3. The molecule has 2 heterocycles. The number of thiophene rings is 1. The van der Waals surface area contributed by atoms with Gasteiger partial charge in [0.2, 0.25) is 0 Å². The summed E-state index contributed by atoms with van der Waals surface area (Å²) in [6.07, 6.45) is 0.610. The maximum absolute atomic E-state index is 13.1. The highest BCUT2D eigenvalue weighted by molar-refractivity contribution is 7.92. The molecule has 0 spiro atoms. The lowest BCUT2D eigenvalue weighted by molar-refractivity contribution is 0.0956. The van der Waals surface area contributed by atoms with Gasteiger partial charge in [-0.2, -0.15) is 0 Å². The Morgan fingerprint density at radius 1 is 0.947 bits per heavy atom. The molecule has 2 aromatic carbocycles. The molecule has 0 aliphatic carbocycles. The molecular formula is C26H29N5O5S2. The minimum Gasteiger partial charge on any atom is -0.331 e. The van der Waals surface area contributed by atoms with Crippen LogP contribution in [0.15, 0.2) is 59.5 Å². The molecule has 12 heteroatoms. The molecule has 1 aliphatic rings. The van der Waals surface area contributed by atoms with Gasteiger partial charge in [0.1, 0.15) is 5.00 Å². The predicted octanol–water partition coefficient (Wildman–Crippen LogP) is 3.22. The smallest absolute Gasteiger partial charge is 0.323 e. The molecule has 200 valence electrons. The third-order valence-electron chi connectivity index (χ3n) is 6.22. The highest BCUT2D eigenvalue weighted by Gasteiger charge is 2.29. The van der Waals surface area contributed by atoms with Crippen LogP contribution < -0.4 is 14.9 Å². The van der Waals surface area contributed by atoms with Crippen molar-refractivity contribution in [2.45, 2.75) is 17.9 Å². The average Bonchev–Trinajstić information content (AvgIpc) is 3.25. The van der Waals surface area contributed by atoms with Gasteiger partial charge in [-0.1, -0.05) is 18.2 Å². The summed E-state index contributed by atoms with van der Waals surface area (Å²) in [5.41, 5.74) is 1.84. The second-order valence-corrected chi connectivity index (χ2v) is 12.2. The summed E-state index contributed by atoms with van der Waals surface area (Å²) in [6.45, 7) is 1.37. The molecule has 4 rings (SSSR count). The number of hydrogen-bond acceptors (Lipinski definition) is 7. The first-order chi connectivity index (χ1) is 18.0. The van der Waals surface area contributed by atoms with Crippen LogP contribution in [0.25, 0.3) is 0 Å². The summed E-state index contributed by atoms with van der Waals surface area (Å²) in [5, 5.41) is 5.51. The number of benzene rings is 2. The standard InChI is InChI=1S/C26H29N5O5S2/c1-29(2)26(34)28-24(33)22-20-14-15-30(3)16-21(20)37-25(22)27-23(32)17-10-12-19(13-11-17)38(35,36)31(4)18-8-6-5-7-9-18/h5-13H,14-16H2,1-4H3,(H,27,32)(H,28,33,34). The van der Waals surface area contributed by atoms with E-state index in [1.807, 2.05) is 7.05 Å². The number of nitrogens with one attached hydrogen (secondary N) is 2. The van der Waals surface area contributed by atoms with Crippen molar-refractivity contribution in [2.75, 3.05) is 44.4 Å². The van der Waals surface area contributed by atoms with Crippen molar-refractivity contribution < 1.29 is 22.8 Å². The molecule has 0 radical (unpaired) electrons. The number of amides is 4. The minimum absolute atomic E-state index is 0.0392.